The fourth-order valence-electron chi connectivity index (χ4n) is 2.52. The van der Waals surface area contributed by atoms with E-state index in [0.29, 0.717) is 5.69 Å². The second-order valence-electron chi connectivity index (χ2n) is 5.55. The van der Waals surface area contributed by atoms with Gasteiger partial charge in [0.25, 0.3) is 11.6 Å². The molecule has 0 bridgehead atoms. The van der Waals surface area contributed by atoms with Crippen LogP contribution in [0.15, 0.2) is 53.1 Å². The summed E-state index contributed by atoms with van der Waals surface area (Å²) in [7, 11) is 0. The lowest BCUT2D eigenvalue weighted by Crippen LogP contribution is -2.24. The molecule has 2 aromatic carbocycles. The molecule has 1 amide bonds. The first-order valence-electron chi connectivity index (χ1n) is 7.70. The van der Waals surface area contributed by atoms with Crippen LogP contribution in [0.2, 0.25) is 0 Å². The average molecular weight is 355 g/mol. The van der Waals surface area contributed by atoms with Crippen molar-refractivity contribution in [3.63, 3.8) is 0 Å². The molecule has 0 aliphatic carbocycles. The Morgan fingerprint density at radius 2 is 2.04 bits per heavy atom. The third-order valence-electron chi connectivity index (χ3n) is 3.87. The summed E-state index contributed by atoms with van der Waals surface area (Å²) in [6.07, 6.45) is 0. The van der Waals surface area contributed by atoms with Crippen molar-refractivity contribution < 1.29 is 18.6 Å². The van der Waals surface area contributed by atoms with Gasteiger partial charge >= 0.3 is 0 Å². The number of rotatable bonds is 5. The standard InChI is InChI=1S/C18H14FN3O4/c1-11-13(6-4-8-16(11)22(24)25)18(23)20-10-12-9-17(26-21-12)14-5-2-3-7-15(14)19/h2-9H,10H2,1H3,(H,20,23). The summed E-state index contributed by atoms with van der Waals surface area (Å²) in [4.78, 5) is 22.7. The Balaban J connectivity index is 1.72. The number of hydrogen-bond acceptors (Lipinski definition) is 5. The van der Waals surface area contributed by atoms with Crippen LogP contribution in [-0.2, 0) is 6.54 Å². The molecule has 3 rings (SSSR count). The van der Waals surface area contributed by atoms with Gasteiger partial charge in [-0.1, -0.05) is 23.4 Å². The number of carbonyl (C=O) groups excluding carboxylic acids is 1. The fraction of sp³-hybridized carbons (Fsp3) is 0.111. The van der Waals surface area contributed by atoms with Crippen molar-refractivity contribution in [3.05, 3.63) is 81.3 Å². The quantitative estimate of drug-likeness (QED) is 0.557. The molecule has 3 aromatic rings. The van der Waals surface area contributed by atoms with Gasteiger partial charge in [0.15, 0.2) is 5.76 Å². The number of nitrogens with one attached hydrogen (secondary N) is 1. The Bertz CT molecular complexity index is 984. The molecule has 0 spiro atoms. The van der Waals surface area contributed by atoms with E-state index < -0.39 is 16.6 Å². The highest BCUT2D eigenvalue weighted by Gasteiger charge is 2.18. The van der Waals surface area contributed by atoms with Gasteiger partial charge < -0.3 is 9.84 Å². The molecule has 7 nitrogen and oxygen atoms in total. The van der Waals surface area contributed by atoms with Gasteiger partial charge in [-0.05, 0) is 25.1 Å². The topological polar surface area (TPSA) is 98.3 Å². The van der Waals surface area contributed by atoms with E-state index in [1.165, 1.54) is 37.3 Å². The zero-order valence-corrected chi connectivity index (χ0v) is 13.7. The monoisotopic (exact) mass is 355 g/mol. The molecule has 1 heterocycles. The SMILES string of the molecule is Cc1c(C(=O)NCc2cc(-c3ccccc3F)on2)cccc1[N+](=O)[O-]. The zero-order chi connectivity index (χ0) is 18.7. The molecule has 8 heteroatoms. The molecular weight excluding hydrogens is 341 g/mol. The van der Waals surface area contributed by atoms with Gasteiger partial charge in [0.05, 0.1) is 17.0 Å². The number of nitrogens with zero attached hydrogens (tertiary/aromatic N) is 2. The van der Waals surface area contributed by atoms with Crippen molar-refractivity contribution in [3.8, 4) is 11.3 Å². The van der Waals surface area contributed by atoms with Crippen LogP contribution < -0.4 is 5.32 Å². The molecule has 0 radical (unpaired) electrons. The van der Waals surface area contributed by atoms with Crippen LogP contribution in [0.4, 0.5) is 10.1 Å². The molecule has 26 heavy (non-hydrogen) atoms. The maximum atomic E-state index is 13.8. The fourth-order valence-corrected chi connectivity index (χ4v) is 2.52. The van der Waals surface area contributed by atoms with E-state index in [2.05, 4.69) is 10.5 Å². The molecule has 0 aliphatic heterocycles. The highest BCUT2D eigenvalue weighted by molar-refractivity contribution is 5.96. The Morgan fingerprint density at radius 3 is 2.77 bits per heavy atom. The number of hydrogen-bond donors (Lipinski definition) is 1. The zero-order valence-electron chi connectivity index (χ0n) is 13.7. The van der Waals surface area contributed by atoms with Gasteiger partial charge in [0.1, 0.15) is 11.5 Å². The minimum Gasteiger partial charge on any atom is -0.356 e. The molecule has 0 saturated carbocycles. The molecule has 0 saturated heterocycles. The second kappa shape index (κ2) is 7.14. The van der Waals surface area contributed by atoms with Crippen molar-refractivity contribution in [2.24, 2.45) is 0 Å². The van der Waals surface area contributed by atoms with Crippen molar-refractivity contribution >= 4 is 11.6 Å². The third kappa shape index (κ3) is 3.44. The molecule has 1 aromatic heterocycles. The maximum Gasteiger partial charge on any atom is 0.273 e. The number of carbonyl (C=O) groups is 1. The number of nitro groups is 1. The number of aromatic nitrogens is 1. The van der Waals surface area contributed by atoms with Gasteiger partial charge in [-0.3, -0.25) is 14.9 Å². The van der Waals surface area contributed by atoms with E-state index in [1.54, 1.807) is 18.2 Å². The molecule has 1 N–H and O–H groups in total. The minimum absolute atomic E-state index is 0.0406. The summed E-state index contributed by atoms with van der Waals surface area (Å²) >= 11 is 0. The summed E-state index contributed by atoms with van der Waals surface area (Å²) in [5.74, 6) is -0.660. The van der Waals surface area contributed by atoms with Gasteiger partial charge in [-0.2, -0.15) is 0 Å². The third-order valence-corrected chi connectivity index (χ3v) is 3.87. The largest absolute Gasteiger partial charge is 0.356 e. The van der Waals surface area contributed by atoms with Gasteiger partial charge in [0.2, 0.25) is 0 Å². The predicted octanol–water partition coefficient (Wildman–Crippen LogP) is 3.63. The van der Waals surface area contributed by atoms with E-state index in [0.717, 1.165) is 0 Å². The van der Waals surface area contributed by atoms with Crippen molar-refractivity contribution in [2.45, 2.75) is 13.5 Å². The predicted molar refractivity (Wildman–Crippen MR) is 90.9 cm³/mol. The first-order valence-corrected chi connectivity index (χ1v) is 7.70. The Hall–Kier alpha value is -3.55. The maximum absolute atomic E-state index is 13.8. The molecule has 0 unspecified atom stereocenters. The molecule has 132 valence electrons. The highest BCUT2D eigenvalue weighted by Crippen LogP contribution is 2.24. The van der Waals surface area contributed by atoms with Crippen LogP contribution >= 0.6 is 0 Å². The first kappa shape index (κ1) is 17.3. The minimum atomic E-state index is -0.537. The number of halogens is 1. The highest BCUT2D eigenvalue weighted by atomic mass is 19.1. The summed E-state index contributed by atoms with van der Waals surface area (Å²) in [6, 6.07) is 11.9. The van der Waals surface area contributed by atoms with Crippen LogP contribution in [0, 0.1) is 22.9 Å². The van der Waals surface area contributed by atoms with Crippen LogP contribution in [0.3, 0.4) is 0 Å². The van der Waals surface area contributed by atoms with Crippen LogP contribution in [0.25, 0.3) is 11.3 Å². The lowest BCUT2D eigenvalue weighted by Gasteiger charge is -2.06. The summed E-state index contributed by atoms with van der Waals surface area (Å²) in [5.41, 5.74) is 1.03. The smallest absolute Gasteiger partial charge is 0.273 e. The Labute approximate surface area is 147 Å². The summed E-state index contributed by atoms with van der Waals surface area (Å²) in [6.45, 7) is 1.55. The summed E-state index contributed by atoms with van der Waals surface area (Å²) in [5, 5.41) is 17.4. The van der Waals surface area contributed by atoms with Gasteiger partial charge in [-0.15, -0.1) is 0 Å². The lowest BCUT2D eigenvalue weighted by atomic mass is 10.1. The number of amides is 1. The van der Waals surface area contributed by atoms with E-state index in [9.17, 15) is 19.3 Å². The normalized spacial score (nSPS) is 10.5. The molecular formula is C18H14FN3O4. The summed E-state index contributed by atoms with van der Waals surface area (Å²) < 4.78 is 18.9. The average Bonchev–Trinajstić information content (AvgIpc) is 3.08. The molecule has 0 fully saturated rings. The van der Waals surface area contributed by atoms with Gasteiger partial charge in [0, 0.05) is 23.3 Å². The van der Waals surface area contributed by atoms with E-state index in [-0.39, 0.29) is 34.7 Å². The van der Waals surface area contributed by atoms with Crippen molar-refractivity contribution in [1.29, 1.82) is 0 Å². The van der Waals surface area contributed by atoms with Gasteiger partial charge in [-0.25, -0.2) is 4.39 Å². The van der Waals surface area contributed by atoms with Crippen LogP contribution in [0.1, 0.15) is 21.6 Å². The van der Waals surface area contributed by atoms with E-state index in [1.807, 2.05) is 0 Å². The van der Waals surface area contributed by atoms with Crippen molar-refractivity contribution in [1.82, 2.24) is 10.5 Å². The number of benzene rings is 2. The molecule has 0 atom stereocenters. The molecule has 0 aliphatic rings. The van der Waals surface area contributed by atoms with E-state index >= 15 is 0 Å². The first-order chi connectivity index (χ1) is 12.5. The lowest BCUT2D eigenvalue weighted by molar-refractivity contribution is -0.385. The van der Waals surface area contributed by atoms with Crippen molar-refractivity contribution in [2.75, 3.05) is 0 Å². The Morgan fingerprint density at radius 1 is 1.27 bits per heavy atom. The Kier molecular flexibility index (Phi) is 4.74. The van der Waals surface area contributed by atoms with Crippen LogP contribution in [0.5, 0.6) is 0 Å². The van der Waals surface area contributed by atoms with E-state index in [4.69, 9.17) is 4.52 Å². The van der Waals surface area contributed by atoms with Crippen LogP contribution in [-0.4, -0.2) is 16.0 Å². The second-order valence-corrected chi connectivity index (χ2v) is 5.55. The number of nitro benzene ring substituents is 1.